The summed E-state index contributed by atoms with van der Waals surface area (Å²) in [4.78, 5) is 4.27. The Morgan fingerprint density at radius 1 is 1.16 bits per heavy atom. The zero-order valence-corrected chi connectivity index (χ0v) is 11.6. The second-order valence-corrected chi connectivity index (χ2v) is 4.63. The van der Waals surface area contributed by atoms with Crippen molar-refractivity contribution in [1.82, 2.24) is 0 Å². The fourth-order valence-corrected chi connectivity index (χ4v) is 1.96. The van der Waals surface area contributed by atoms with E-state index in [1.807, 2.05) is 0 Å². The molecule has 0 atom stereocenters. The quantitative estimate of drug-likeness (QED) is 0.850. The Kier molecular flexibility index (Phi) is 4.30. The van der Waals surface area contributed by atoms with Crippen LogP contribution in [-0.2, 0) is 0 Å². The standard InChI is InChI=1S/C14H11Cl2NO2/c1-19-14-6-9(2-5-13(14)18)8-17-12-4-3-10(15)7-11(12)16/h2-8,18H,1H3. The van der Waals surface area contributed by atoms with Gasteiger partial charge < -0.3 is 9.84 Å². The summed E-state index contributed by atoms with van der Waals surface area (Å²) in [5.41, 5.74) is 1.42. The van der Waals surface area contributed by atoms with Gasteiger partial charge in [0.1, 0.15) is 0 Å². The molecule has 0 aliphatic carbocycles. The molecule has 5 heteroatoms. The molecule has 0 heterocycles. The highest BCUT2D eigenvalue weighted by Gasteiger charge is 2.02. The summed E-state index contributed by atoms with van der Waals surface area (Å²) in [5, 5.41) is 10.5. The van der Waals surface area contributed by atoms with E-state index in [2.05, 4.69) is 4.99 Å². The van der Waals surface area contributed by atoms with Crippen LogP contribution >= 0.6 is 23.2 Å². The van der Waals surface area contributed by atoms with Crippen LogP contribution in [0.3, 0.4) is 0 Å². The number of aromatic hydroxyl groups is 1. The molecule has 19 heavy (non-hydrogen) atoms. The summed E-state index contributed by atoms with van der Waals surface area (Å²) in [6.45, 7) is 0. The minimum atomic E-state index is 0.0872. The topological polar surface area (TPSA) is 41.8 Å². The number of hydrogen-bond acceptors (Lipinski definition) is 3. The first-order chi connectivity index (χ1) is 9.10. The van der Waals surface area contributed by atoms with E-state index in [-0.39, 0.29) is 5.75 Å². The highest BCUT2D eigenvalue weighted by molar-refractivity contribution is 6.36. The molecule has 2 aromatic rings. The highest BCUT2D eigenvalue weighted by Crippen LogP contribution is 2.29. The van der Waals surface area contributed by atoms with Crippen molar-refractivity contribution in [1.29, 1.82) is 0 Å². The number of ether oxygens (including phenoxy) is 1. The minimum absolute atomic E-state index is 0.0872. The number of benzene rings is 2. The normalized spacial score (nSPS) is 10.9. The minimum Gasteiger partial charge on any atom is -0.504 e. The van der Waals surface area contributed by atoms with Gasteiger partial charge in [0.2, 0.25) is 0 Å². The number of halogens is 2. The van der Waals surface area contributed by atoms with Gasteiger partial charge in [-0.25, -0.2) is 0 Å². The average Bonchev–Trinajstić information content (AvgIpc) is 2.39. The molecule has 0 aliphatic rings. The van der Waals surface area contributed by atoms with Gasteiger partial charge in [-0.1, -0.05) is 23.2 Å². The Hall–Kier alpha value is -1.71. The van der Waals surface area contributed by atoms with E-state index in [4.69, 9.17) is 27.9 Å². The Labute approximate surface area is 121 Å². The molecule has 0 aliphatic heterocycles. The Morgan fingerprint density at radius 2 is 1.95 bits per heavy atom. The van der Waals surface area contributed by atoms with Crippen LogP contribution < -0.4 is 4.74 Å². The van der Waals surface area contributed by atoms with Gasteiger partial charge in [-0.15, -0.1) is 0 Å². The van der Waals surface area contributed by atoms with Gasteiger partial charge in [0.15, 0.2) is 11.5 Å². The van der Waals surface area contributed by atoms with Gasteiger partial charge in [0.25, 0.3) is 0 Å². The van der Waals surface area contributed by atoms with Crippen molar-refractivity contribution < 1.29 is 9.84 Å². The third-order valence-electron chi connectivity index (χ3n) is 2.47. The van der Waals surface area contributed by atoms with Crippen molar-refractivity contribution in [3.05, 3.63) is 52.0 Å². The second-order valence-electron chi connectivity index (χ2n) is 3.79. The first-order valence-electron chi connectivity index (χ1n) is 5.46. The summed E-state index contributed by atoms with van der Waals surface area (Å²) in [6.07, 6.45) is 1.64. The summed E-state index contributed by atoms with van der Waals surface area (Å²) < 4.78 is 5.02. The molecule has 0 bridgehead atoms. The maximum absolute atomic E-state index is 9.49. The first-order valence-corrected chi connectivity index (χ1v) is 6.22. The van der Waals surface area contributed by atoms with E-state index in [1.54, 1.807) is 42.6 Å². The molecule has 0 spiro atoms. The maximum atomic E-state index is 9.49. The van der Waals surface area contributed by atoms with Gasteiger partial charge in [-0.2, -0.15) is 0 Å². The number of rotatable bonds is 3. The van der Waals surface area contributed by atoms with Crippen LogP contribution in [0.5, 0.6) is 11.5 Å². The number of aliphatic imine (C=N–C) groups is 1. The molecular formula is C14H11Cl2NO2. The summed E-state index contributed by atoms with van der Waals surface area (Å²) >= 11 is 11.8. The fraction of sp³-hybridized carbons (Fsp3) is 0.0714. The molecule has 0 aromatic heterocycles. The Morgan fingerprint density at radius 3 is 2.63 bits per heavy atom. The van der Waals surface area contributed by atoms with E-state index in [0.717, 1.165) is 5.56 Å². The SMILES string of the molecule is COc1cc(C=Nc2ccc(Cl)cc2Cl)ccc1O. The van der Waals surface area contributed by atoms with E-state index >= 15 is 0 Å². The molecule has 98 valence electrons. The molecule has 2 aromatic carbocycles. The Balaban J connectivity index is 2.27. The van der Waals surface area contributed by atoms with Crippen LogP contribution in [0.25, 0.3) is 0 Å². The number of phenols is 1. The summed E-state index contributed by atoms with van der Waals surface area (Å²) in [5.74, 6) is 0.482. The largest absolute Gasteiger partial charge is 0.504 e. The number of nitrogens with zero attached hydrogens (tertiary/aromatic N) is 1. The lowest BCUT2D eigenvalue weighted by Gasteiger charge is -2.03. The molecular weight excluding hydrogens is 285 g/mol. The van der Waals surface area contributed by atoms with Crippen molar-refractivity contribution >= 4 is 35.1 Å². The molecule has 1 N–H and O–H groups in total. The van der Waals surface area contributed by atoms with Crippen LogP contribution in [0.1, 0.15) is 5.56 Å². The number of hydrogen-bond donors (Lipinski definition) is 1. The maximum Gasteiger partial charge on any atom is 0.161 e. The average molecular weight is 296 g/mol. The van der Waals surface area contributed by atoms with Gasteiger partial charge in [-0.05, 0) is 42.0 Å². The lowest BCUT2D eigenvalue weighted by Crippen LogP contribution is -1.87. The zero-order chi connectivity index (χ0) is 13.8. The van der Waals surface area contributed by atoms with E-state index in [0.29, 0.717) is 21.5 Å². The van der Waals surface area contributed by atoms with Gasteiger partial charge in [0.05, 0.1) is 17.8 Å². The van der Waals surface area contributed by atoms with Crippen molar-refractivity contribution in [3.8, 4) is 11.5 Å². The molecule has 2 rings (SSSR count). The van der Waals surface area contributed by atoms with Crippen LogP contribution in [0.4, 0.5) is 5.69 Å². The third kappa shape index (κ3) is 3.40. The van der Waals surface area contributed by atoms with Crippen molar-refractivity contribution in [2.24, 2.45) is 4.99 Å². The molecule has 0 saturated heterocycles. The molecule has 0 unspecified atom stereocenters. The summed E-state index contributed by atoms with van der Waals surface area (Å²) in [6, 6.07) is 10.0. The van der Waals surface area contributed by atoms with Gasteiger partial charge in [-0.3, -0.25) is 4.99 Å². The number of methoxy groups -OCH3 is 1. The van der Waals surface area contributed by atoms with Crippen LogP contribution in [0.2, 0.25) is 10.0 Å². The molecule has 0 amide bonds. The zero-order valence-electron chi connectivity index (χ0n) is 10.1. The highest BCUT2D eigenvalue weighted by atomic mass is 35.5. The van der Waals surface area contributed by atoms with E-state index in [9.17, 15) is 5.11 Å². The number of phenolic OH excluding ortho intramolecular Hbond substituents is 1. The van der Waals surface area contributed by atoms with Crippen LogP contribution in [0, 0.1) is 0 Å². The molecule has 3 nitrogen and oxygen atoms in total. The molecule has 0 saturated carbocycles. The predicted molar refractivity (Wildman–Crippen MR) is 78.4 cm³/mol. The Bertz CT molecular complexity index is 627. The van der Waals surface area contributed by atoms with Crippen molar-refractivity contribution in [3.63, 3.8) is 0 Å². The monoisotopic (exact) mass is 295 g/mol. The lowest BCUT2D eigenvalue weighted by molar-refractivity contribution is 0.373. The van der Waals surface area contributed by atoms with E-state index in [1.165, 1.54) is 7.11 Å². The van der Waals surface area contributed by atoms with E-state index < -0.39 is 0 Å². The van der Waals surface area contributed by atoms with Crippen molar-refractivity contribution in [2.45, 2.75) is 0 Å². The second kappa shape index (κ2) is 5.95. The molecule has 0 radical (unpaired) electrons. The van der Waals surface area contributed by atoms with Gasteiger partial charge in [0, 0.05) is 11.2 Å². The lowest BCUT2D eigenvalue weighted by atomic mass is 10.2. The van der Waals surface area contributed by atoms with Crippen molar-refractivity contribution in [2.75, 3.05) is 7.11 Å². The molecule has 0 fully saturated rings. The predicted octanol–water partition coefficient (Wildman–Crippen LogP) is 4.46. The third-order valence-corrected chi connectivity index (χ3v) is 3.00. The summed E-state index contributed by atoms with van der Waals surface area (Å²) in [7, 11) is 1.49. The van der Waals surface area contributed by atoms with Crippen LogP contribution in [0.15, 0.2) is 41.4 Å². The first kappa shape index (κ1) is 13.7. The van der Waals surface area contributed by atoms with Gasteiger partial charge >= 0.3 is 0 Å². The van der Waals surface area contributed by atoms with Crippen LogP contribution in [-0.4, -0.2) is 18.4 Å². The smallest absolute Gasteiger partial charge is 0.161 e. The fourth-order valence-electron chi connectivity index (χ4n) is 1.50.